The maximum absolute atomic E-state index is 5.52. The van der Waals surface area contributed by atoms with E-state index in [1.807, 2.05) is 6.07 Å². The molecule has 1 heterocycles. The molecule has 6 heteroatoms. The van der Waals surface area contributed by atoms with Crippen LogP contribution >= 0.6 is 11.7 Å². The highest BCUT2D eigenvalue weighted by Crippen LogP contribution is 2.37. The van der Waals surface area contributed by atoms with Gasteiger partial charge in [-0.25, -0.2) is 4.58 Å². The summed E-state index contributed by atoms with van der Waals surface area (Å²) >= 11 is 1.22. The maximum Gasteiger partial charge on any atom is 0.199 e. The van der Waals surface area contributed by atoms with Crippen LogP contribution in [0.15, 0.2) is 66.3 Å². The normalized spacial score (nSPS) is 13.0. The topological polar surface area (TPSA) is 41.3 Å². The number of hydrogen-bond donors (Lipinski definition) is 0. The SMILES string of the molecule is CCN(CC)c1ccc(C(=C2C=CC(=[N+](C)C)C=C2)c2ccc(OC)c3nsnc23)cc1. The van der Waals surface area contributed by atoms with E-state index in [0.717, 1.165) is 52.1 Å². The summed E-state index contributed by atoms with van der Waals surface area (Å²) in [4.78, 5) is 2.35. The molecule has 4 rings (SSSR count). The van der Waals surface area contributed by atoms with Crippen LogP contribution in [0.25, 0.3) is 16.6 Å². The molecule has 0 aliphatic heterocycles. The van der Waals surface area contributed by atoms with E-state index in [1.54, 1.807) is 7.11 Å². The van der Waals surface area contributed by atoms with Crippen LogP contribution < -0.4 is 9.64 Å². The molecule has 0 fully saturated rings. The standard InChI is InChI=1S/C26H29N4OS/c1-6-30(7-2)21-14-10-19(11-15-21)24(18-8-12-20(13-9-18)29(3)4)22-16-17-23(31-5)26-25(22)27-32-28-26/h8-17H,6-7H2,1-5H3/q+1. The van der Waals surface area contributed by atoms with Gasteiger partial charge in [-0.15, -0.1) is 0 Å². The first-order valence-corrected chi connectivity index (χ1v) is 11.6. The number of anilines is 1. The van der Waals surface area contributed by atoms with Gasteiger partial charge in [-0.3, -0.25) is 0 Å². The molecule has 0 N–H and O–H groups in total. The van der Waals surface area contributed by atoms with Crippen LogP contribution in [-0.4, -0.2) is 53.3 Å². The summed E-state index contributed by atoms with van der Waals surface area (Å²) < 4.78 is 16.8. The van der Waals surface area contributed by atoms with Crippen molar-refractivity contribution in [3.8, 4) is 5.75 Å². The molecule has 1 aromatic heterocycles. The molecule has 164 valence electrons. The molecule has 2 aromatic carbocycles. The first kappa shape index (κ1) is 22.0. The zero-order chi connectivity index (χ0) is 22.7. The van der Waals surface area contributed by atoms with E-state index in [0.29, 0.717) is 0 Å². The Labute approximate surface area is 194 Å². The Balaban J connectivity index is 1.91. The highest BCUT2D eigenvalue weighted by atomic mass is 32.1. The fraction of sp³-hybridized carbons (Fsp3) is 0.269. The zero-order valence-corrected chi connectivity index (χ0v) is 20.1. The third-order valence-corrected chi connectivity index (χ3v) is 6.35. The monoisotopic (exact) mass is 445 g/mol. The first-order valence-electron chi connectivity index (χ1n) is 10.9. The quantitative estimate of drug-likeness (QED) is 0.490. The van der Waals surface area contributed by atoms with Gasteiger partial charge in [-0.2, -0.15) is 8.75 Å². The van der Waals surface area contributed by atoms with Gasteiger partial charge in [0.25, 0.3) is 0 Å². The highest BCUT2D eigenvalue weighted by Gasteiger charge is 2.19. The van der Waals surface area contributed by atoms with Crippen molar-refractivity contribution in [3.05, 3.63) is 77.4 Å². The van der Waals surface area contributed by atoms with E-state index >= 15 is 0 Å². The molecule has 0 spiro atoms. The molecule has 0 saturated heterocycles. The number of benzene rings is 2. The Bertz CT molecular complexity index is 1220. The summed E-state index contributed by atoms with van der Waals surface area (Å²) in [7, 11) is 5.78. The minimum absolute atomic E-state index is 0.747. The molecule has 0 radical (unpaired) electrons. The van der Waals surface area contributed by atoms with Crippen LogP contribution in [-0.2, 0) is 0 Å². The Morgan fingerprint density at radius 1 is 0.906 bits per heavy atom. The van der Waals surface area contributed by atoms with Crippen molar-refractivity contribution in [1.82, 2.24) is 8.75 Å². The number of methoxy groups -OCH3 is 1. The van der Waals surface area contributed by atoms with E-state index < -0.39 is 0 Å². The molecular formula is C26H29N4OS+. The van der Waals surface area contributed by atoms with Crippen molar-refractivity contribution >= 4 is 39.7 Å². The number of fused-ring (bicyclic) bond motifs is 1. The van der Waals surface area contributed by atoms with Crippen LogP contribution in [0, 0.1) is 0 Å². The van der Waals surface area contributed by atoms with E-state index in [-0.39, 0.29) is 0 Å². The molecule has 0 atom stereocenters. The second-order valence-corrected chi connectivity index (χ2v) is 8.34. The smallest absolute Gasteiger partial charge is 0.199 e. The second-order valence-electron chi connectivity index (χ2n) is 7.81. The van der Waals surface area contributed by atoms with E-state index in [4.69, 9.17) is 4.74 Å². The lowest BCUT2D eigenvalue weighted by atomic mass is 9.89. The molecule has 5 nitrogen and oxygen atoms in total. The summed E-state index contributed by atoms with van der Waals surface area (Å²) in [6.45, 7) is 6.35. The van der Waals surface area contributed by atoms with Gasteiger partial charge in [0.15, 0.2) is 5.71 Å². The Morgan fingerprint density at radius 2 is 1.56 bits per heavy atom. The molecule has 1 aliphatic carbocycles. The average molecular weight is 446 g/mol. The van der Waals surface area contributed by atoms with Gasteiger partial charge in [0, 0.05) is 36.5 Å². The highest BCUT2D eigenvalue weighted by molar-refractivity contribution is 7.00. The average Bonchev–Trinajstić information content (AvgIpc) is 3.32. The lowest BCUT2D eigenvalue weighted by Crippen LogP contribution is -2.21. The van der Waals surface area contributed by atoms with Crippen molar-refractivity contribution in [2.45, 2.75) is 13.8 Å². The fourth-order valence-electron chi connectivity index (χ4n) is 4.04. The van der Waals surface area contributed by atoms with Crippen molar-refractivity contribution < 1.29 is 9.31 Å². The fourth-order valence-corrected chi connectivity index (χ4v) is 4.61. The summed E-state index contributed by atoms with van der Waals surface area (Å²) in [5.41, 5.74) is 8.57. The van der Waals surface area contributed by atoms with Gasteiger partial charge >= 0.3 is 0 Å². The molecule has 0 unspecified atom stereocenters. The predicted molar refractivity (Wildman–Crippen MR) is 135 cm³/mol. The van der Waals surface area contributed by atoms with Gasteiger partial charge in [0.1, 0.15) is 30.9 Å². The van der Waals surface area contributed by atoms with Crippen LogP contribution in [0.2, 0.25) is 0 Å². The van der Waals surface area contributed by atoms with Crippen molar-refractivity contribution in [2.75, 3.05) is 39.2 Å². The third kappa shape index (κ3) is 4.10. The van der Waals surface area contributed by atoms with Gasteiger partial charge in [-0.05, 0) is 67.0 Å². The Kier molecular flexibility index (Phi) is 6.51. The molecule has 3 aromatic rings. The van der Waals surface area contributed by atoms with Gasteiger partial charge in [-0.1, -0.05) is 12.1 Å². The van der Waals surface area contributed by atoms with Crippen molar-refractivity contribution in [2.24, 2.45) is 0 Å². The van der Waals surface area contributed by atoms with Crippen LogP contribution in [0.4, 0.5) is 5.69 Å². The van der Waals surface area contributed by atoms with Crippen LogP contribution in [0.1, 0.15) is 25.0 Å². The van der Waals surface area contributed by atoms with Crippen LogP contribution in [0.5, 0.6) is 5.75 Å². The van der Waals surface area contributed by atoms with Crippen LogP contribution in [0.3, 0.4) is 0 Å². The number of ether oxygens (including phenoxy) is 1. The predicted octanol–water partition coefficient (Wildman–Crippen LogP) is 5.19. The molecule has 0 amide bonds. The summed E-state index contributed by atoms with van der Waals surface area (Å²) in [5.74, 6) is 0.747. The molecule has 0 bridgehead atoms. The van der Waals surface area contributed by atoms with Gasteiger partial charge < -0.3 is 9.64 Å². The number of nitrogens with zero attached hydrogens (tertiary/aromatic N) is 4. The number of hydrogen-bond acceptors (Lipinski definition) is 5. The minimum atomic E-state index is 0.747. The summed E-state index contributed by atoms with van der Waals surface area (Å²) in [5, 5.41) is 0. The maximum atomic E-state index is 5.52. The van der Waals surface area contributed by atoms with Crippen molar-refractivity contribution in [3.63, 3.8) is 0 Å². The largest absolute Gasteiger partial charge is 0.494 e. The Hall–Kier alpha value is -3.25. The van der Waals surface area contributed by atoms with Gasteiger partial charge in [0.05, 0.1) is 18.8 Å². The Morgan fingerprint density at radius 3 is 2.16 bits per heavy atom. The van der Waals surface area contributed by atoms with E-state index in [2.05, 4.69) is 101 Å². The first-order chi connectivity index (χ1) is 15.6. The summed E-state index contributed by atoms with van der Waals surface area (Å²) in [6, 6.07) is 12.9. The molecule has 1 aliphatic rings. The number of rotatable bonds is 6. The van der Waals surface area contributed by atoms with E-state index in [9.17, 15) is 0 Å². The lowest BCUT2D eigenvalue weighted by molar-refractivity contribution is -0.462. The molecule has 32 heavy (non-hydrogen) atoms. The van der Waals surface area contributed by atoms with E-state index in [1.165, 1.54) is 23.1 Å². The minimum Gasteiger partial charge on any atom is -0.494 e. The third-order valence-electron chi connectivity index (χ3n) is 5.82. The number of allylic oxidation sites excluding steroid dienone is 5. The molecule has 0 saturated carbocycles. The van der Waals surface area contributed by atoms with Gasteiger partial charge in [0.2, 0.25) is 0 Å². The van der Waals surface area contributed by atoms with Crippen molar-refractivity contribution in [1.29, 1.82) is 0 Å². The second kappa shape index (κ2) is 9.49. The lowest BCUT2D eigenvalue weighted by Gasteiger charge is -2.22. The summed E-state index contributed by atoms with van der Waals surface area (Å²) in [6.07, 6.45) is 8.66. The zero-order valence-electron chi connectivity index (χ0n) is 19.3. The number of aromatic nitrogens is 2. The molecular weight excluding hydrogens is 416 g/mol.